The number of rotatable bonds is 4. The minimum absolute atomic E-state index is 0.0661. The lowest BCUT2D eigenvalue weighted by Crippen LogP contribution is -2.59. The Kier molecular flexibility index (Phi) is 10.8. The van der Waals surface area contributed by atoms with Crippen LogP contribution >= 0.6 is 15.9 Å². The molecule has 61 heavy (non-hydrogen) atoms. The molecule has 330 valence electrons. The van der Waals surface area contributed by atoms with Crippen LogP contribution in [0.1, 0.15) is 113 Å². The van der Waals surface area contributed by atoms with Gasteiger partial charge in [0.1, 0.15) is 5.60 Å². The van der Waals surface area contributed by atoms with Crippen molar-refractivity contribution in [3.63, 3.8) is 0 Å². The molecular formula is C51H68BrN3O6. The van der Waals surface area contributed by atoms with Crippen molar-refractivity contribution in [2.24, 2.45) is 59.3 Å². The first-order valence-electron chi connectivity index (χ1n) is 23.5. The number of aliphatic hydroxyl groups excluding tert-OH is 1. The fourth-order valence-corrected chi connectivity index (χ4v) is 15.5. The summed E-state index contributed by atoms with van der Waals surface area (Å²) in [7, 11) is 6.07. The fourth-order valence-electron chi connectivity index (χ4n) is 15.2. The Morgan fingerprint density at radius 1 is 1.08 bits per heavy atom. The van der Waals surface area contributed by atoms with Crippen LogP contribution in [0.3, 0.4) is 0 Å². The van der Waals surface area contributed by atoms with E-state index in [1.807, 2.05) is 7.11 Å². The summed E-state index contributed by atoms with van der Waals surface area (Å²) in [5.41, 5.74) is 6.36. The zero-order valence-electron chi connectivity index (χ0n) is 37.5. The van der Waals surface area contributed by atoms with Crippen molar-refractivity contribution in [1.29, 1.82) is 0 Å². The quantitative estimate of drug-likeness (QED) is 0.205. The van der Waals surface area contributed by atoms with E-state index < -0.39 is 5.60 Å². The van der Waals surface area contributed by atoms with Crippen molar-refractivity contribution in [1.82, 2.24) is 14.5 Å². The number of likely N-dealkylation sites (N-methyl/N-ethyl adjacent to an activating group) is 1. The number of aliphatic hydroxyl groups is 1. The van der Waals surface area contributed by atoms with E-state index in [0.29, 0.717) is 52.8 Å². The molecule has 1 spiro atoms. The molecule has 5 aliphatic carbocycles. The Balaban J connectivity index is 0.000000146. The molecule has 0 amide bonds. The Labute approximate surface area is 371 Å². The zero-order chi connectivity index (χ0) is 42.6. The normalized spacial score (nSPS) is 42.3. The maximum absolute atomic E-state index is 12.5. The van der Waals surface area contributed by atoms with Gasteiger partial charge in [0.25, 0.3) is 0 Å². The van der Waals surface area contributed by atoms with Gasteiger partial charge in [0, 0.05) is 79.0 Å². The molecule has 14 unspecified atom stereocenters. The van der Waals surface area contributed by atoms with Crippen LogP contribution in [0.4, 0.5) is 0 Å². The van der Waals surface area contributed by atoms with Gasteiger partial charge in [0.05, 0.1) is 31.0 Å². The van der Waals surface area contributed by atoms with E-state index in [4.69, 9.17) is 18.9 Å². The lowest BCUT2D eigenvalue weighted by Gasteiger charge is -2.57. The number of methoxy groups -OCH3 is 1. The maximum Gasteiger partial charge on any atom is 0.339 e. The molecular weight excluding hydrogens is 830 g/mol. The van der Waals surface area contributed by atoms with Gasteiger partial charge in [0.15, 0.2) is 5.79 Å². The van der Waals surface area contributed by atoms with Crippen LogP contribution in [0.25, 0.3) is 10.9 Å². The number of carbonyl (C=O) groups is 1. The second kappa shape index (κ2) is 15.5. The van der Waals surface area contributed by atoms with Crippen molar-refractivity contribution in [2.45, 2.75) is 128 Å². The van der Waals surface area contributed by atoms with Crippen LogP contribution in [0.2, 0.25) is 0 Å². The molecule has 14 atom stereocenters. The second-order valence-corrected chi connectivity index (χ2v) is 22.4. The number of pyridine rings is 1. The summed E-state index contributed by atoms with van der Waals surface area (Å²) in [6.07, 6.45) is 20.8. The molecule has 0 radical (unpaired) electrons. The number of halogens is 1. The van der Waals surface area contributed by atoms with Gasteiger partial charge >= 0.3 is 5.97 Å². The highest BCUT2D eigenvalue weighted by molar-refractivity contribution is 9.10. The Morgan fingerprint density at radius 3 is 2.69 bits per heavy atom. The minimum Gasteiger partial charge on any atom is -0.462 e. The van der Waals surface area contributed by atoms with Crippen molar-refractivity contribution in [2.75, 3.05) is 33.9 Å². The average Bonchev–Trinajstić information content (AvgIpc) is 3.84. The van der Waals surface area contributed by atoms with Gasteiger partial charge in [0.2, 0.25) is 0 Å². The first-order chi connectivity index (χ1) is 29.2. The highest BCUT2D eigenvalue weighted by Crippen LogP contribution is 2.70. The highest BCUT2D eigenvalue weighted by Gasteiger charge is 2.68. The Hall–Kier alpha value is -2.60. The number of hydrogen-bond acceptors (Lipinski definition) is 8. The number of hydrogen-bond donors (Lipinski definition) is 1. The molecule has 9 nitrogen and oxygen atoms in total. The summed E-state index contributed by atoms with van der Waals surface area (Å²) in [5, 5.41) is 11.6. The molecule has 1 aromatic carbocycles. The van der Waals surface area contributed by atoms with Gasteiger partial charge in [-0.15, -0.1) is 0 Å². The molecule has 3 aliphatic heterocycles. The molecule has 0 bridgehead atoms. The van der Waals surface area contributed by atoms with Crippen LogP contribution < -0.4 is 0 Å². The molecule has 11 rings (SSSR count). The van der Waals surface area contributed by atoms with Crippen LogP contribution in [0, 0.1) is 52.3 Å². The number of aromatic nitrogens is 2. The van der Waals surface area contributed by atoms with Gasteiger partial charge in [-0.3, -0.25) is 9.88 Å². The van der Waals surface area contributed by atoms with Gasteiger partial charge in [-0.25, -0.2) is 4.79 Å². The van der Waals surface area contributed by atoms with Crippen LogP contribution in [-0.2, 0) is 38.0 Å². The summed E-state index contributed by atoms with van der Waals surface area (Å²) in [5.74, 6) is 3.51. The van der Waals surface area contributed by atoms with Crippen molar-refractivity contribution in [3.05, 3.63) is 75.7 Å². The SMILES string of the molecule is CC1CCC2(OC1)OC1CC3C4CCC5CC(O)CCC5(C)C4=CCC3(C)C1C2C.COC12CC(COC(=O)c3cncc(Br)c3)CN(C)C1Cc1cn(C)c3cccc2c13. The summed E-state index contributed by atoms with van der Waals surface area (Å²) in [6, 6.07) is 8.47. The summed E-state index contributed by atoms with van der Waals surface area (Å²) >= 11 is 3.35. The van der Waals surface area contributed by atoms with Crippen LogP contribution in [-0.4, -0.2) is 83.5 Å². The minimum atomic E-state index is -0.421. The molecule has 1 N–H and O–H groups in total. The van der Waals surface area contributed by atoms with E-state index in [2.05, 4.69) is 103 Å². The predicted octanol–water partition coefficient (Wildman–Crippen LogP) is 9.62. The van der Waals surface area contributed by atoms with E-state index in [-0.39, 0.29) is 29.8 Å². The van der Waals surface area contributed by atoms with Gasteiger partial charge < -0.3 is 28.6 Å². The number of aryl methyl sites for hydroxylation is 1. The van der Waals surface area contributed by atoms with E-state index in [0.717, 1.165) is 61.6 Å². The van der Waals surface area contributed by atoms with Gasteiger partial charge in [-0.1, -0.05) is 51.5 Å². The van der Waals surface area contributed by atoms with Crippen LogP contribution in [0.5, 0.6) is 0 Å². The Morgan fingerprint density at radius 2 is 1.92 bits per heavy atom. The zero-order valence-corrected chi connectivity index (χ0v) is 39.1. The topological polar surface area (TPSA) is 95.3 Å². The second-order valence-electron chi connectivity index (χ2n) is 21.5. The van der Waals surface area contributed by atoms with E-state index in [9.17, 15) is 9.90 Å². The smallest absolute Gasteiger partial charge is 0.339 e. The molecule has 3 saturated carbocycles. The number of piperidine rings is 1. The van der Waals surface area contributed by atoms with E-state index in [1.165, 1.54) is 66.8 Å². The standard InChI is InChI=1S/C27H42O3.C24H26BrN3O3/c1-16-7-12-27(29-15-16)17(2)24-23(30-27)14-22-20-6-5-18-13-19(28)8-10-25(18,3)21(20)9-11-26(22,24)4;1-27-13-17-8-21-24(30-3,19-5-4-6-20(27)22(17)19)9-15(12-28(21)2)14-31-23(29)16-7-18(25)11-26-10-16/h9,16-20,22-24,28H,5-8,10-15H2,1-4H3;4-7,10-11,13,15,21H,8-9,12,14H2,1-3H3. The Bertz CT molecular complexity index is 2200. The van der Waals surface area contributed by atoms with Crippen molar-refractivity contribution >= 4 is 32.8 Å². The first kappa shape index (κ1) is 42.4. The molecule has 3 aromatic rings. The molecule has 2 aromatic heterocycles. The molecule has 5 heterocycles. The van der Waals surface area contributed by atoms with Gasteiger partial charge in [-0.05, 0) is 151 Å². The number of esters is 1. The van der Waals surface area contributed by atoms with E-state index in [1.54, 1.807) is 17.8 Å². The number of fused-ring (bicyclic) bond motifs is 9. The molecule has 10 heteroatoms. The van der Waals surface area contributed by atoms with E-state index >= 15 is 0 Å². The number of ether oxygens (including phenoxy) is 4. The molecule has 8 aliphatic rings. The lowest BCUT2D eigenvalue weighted by molar-refractivity contribution is -0.272. The van der Waals surface area contributed by atoms with Crippen molar-refractivity contribution < 1.29 is 28.8 Å². The lowest BCUT2D eigenvalue weighted by atomic mass is 9.48. The average molecular weight is 899 g/mol. The van der Waals surface area contributed by atoms with Crippen LogP contribution in [0.15, 0.2) is 59.0 Å². The van der Waals surface area contributed by atoms with Gasteiger partial charge in [-0.2, -0.15) is 0 Å². The molecule has 3 saturated heterocycles. The number of carbonyl (C=O) groups excluding carboxylic acids is 1. The van der Waals surface area contributed by atoms with Crippen molar-refractivity contribution in [3.8, 4) is 0 Å². The number of allylic oxidation sites excluding steroid dienone is 2. The summed E-state index contributed by atoms with van der Waals surface area (Å²) in [4.78, 5) is 19.0. The third-order valence-electron chi connectivity index (χ3n) is 18.2. The largest absolute Gasteiger partial charge is 0.462 e. The summed E-state index contributed by atoms with van der Waals surface area (Å²) in [6.45, 7) is 11.9. The maximum atomic E-state index is 12.5. The third kappa shape index (κ3) is 6.68. The molecule has 6 fully saturated rings. The predicted molar refractivity (Wildman–Crippen MR) is 240 cm³/mol. The highest BCUT2D eigenvalue weighted by atomic mass is 79.9. The summed E-state index contributed by atoms with van der Waals surface area (Å²) < 4.78 is 28.3. The fraction of sp³-hybridized carbons (Fsp3) is 0.686. The first-order valence-corrected chi connectivity index (χ1v) is 24.3. The monoisotopic (exact) mass is 897 g/mol. The third-order valence-corrected chi connectivity index (χ3v) is 18.6. The number of nitrogens with zero attached hydrogens (tertiary/aromatic N) is 3. The number of benzene rings is 1. The number of likely N-dealkylation sites (tertiary alicyclic amines) is 1.